The van der Waals surface area contributed by atoms with Crippen LogP contribution >= 0.6 is 12.4 Å². The molecule has 1 amide bonds. The van der Waals surface area contributed by atoms with Gasteiger partial charge in [-0.2, -0.15) is 0 Å². The number of nitrogens with one attached hydrogen (secondary N) is 1. The zero-order valence-electron chi connectivity index (χ0n) is 13.7. The molecule has 0 bridgehead atoms. The summed E-state index contributed by atoms with van der Waals surface area (Å²) in [4.78, 5) is 12.0. The number of halogens is 1. The first-order valence-corrected chi connectivity index (χ1v) is 9.53. The molecule has 10 heteroatoms. The lowest BCUT2D eigenvalue weighted by Crippen LogP contribution is -2.30. The first kappa shape index (κ1) is 19.6. The minimum Gasteiger partial charge on any atom is -0.454 e. The average molecular weight is 392 g/mol. The third-order valence-electron chi connectivity index (χ3n) is 4.08. The Bertz CT molecular complexity index is 735. The summed E-state index contributed by atoms with van der Waals surface area (Å²) >= 11 is 0. The van der Waals surface area contributed by atoms with Gasteiger partial charge in [0, 0.05) is 31.6 Å². The lowest BCUT2D eigenvalue weighted by Gasteiger charge is -2.15. The molecular weight excluding hydrogens is 370 g/mol. The highest BCUT2D eigenvalue weighted by Gasteiger charge is 2.25. The van der Waals surface area contributed by atoms with E-state index in [2.05, 4.69) is 5.32 Å². The summed E-state index contributed by atoms with van der Waals surface area (Å²) in [5.41, 5.74) is 6.68. The van der Waals surface area contributed by atoms with Gasteiger partial charge in [-0.1, -0.05) is 0 Å². The lowest BCUT2D eigenvalue weighted by molar-refractivity contribution is -0.116. The van der Waals surface area contributed by atoms with Crippen molar-refractivity contribution < 1.29 is 22.7 Å². The molecule has 0 spiro atoms. The molecule has 3 rings (SSSR count). The van der Waals surface area contributed by atoms with Gasteiger partial charge in [0.05, 0.1) is 17.1 Å². The monoisotopic (exact) mass is 391 g/mol. The number of rotatable bonds is 6. The van der Waals surface area contributed by atoms with Crippen molar-refractivity contribution in [2.75, 3.05) is 36.7 Å². The fourth-order valence-corrected chi connectivity index (χ4v) is 4.37. The highest BCUT2D eigenvalue weighted by atomic mass is 35.5. The minimum atomic E-state index is -3.25. The Hall–Kier alpha value is -1.71. The Morgan fingerprint density at radius 3 is 2.52 bits per heavy atom. The summed E-state index contributed by atoms with van der Waals surface area (Å²) in [7, 11) is -3.25. The third kappa shape index (κ3) is 4.68. The van der Waals surface area contributed by atoms with Crippen LogP contribution in [0.2, 0.25) is 0 Å². The van der Waals surface area contributed by atoms with Gasteiger partial charge in [-0.05, 0) is 19.3 Å². The quantitative estimate of drug-likeness (QED) is 0.712. The number of sulfonamides is 1. The van der Waals surface area contributed by atoms with E-state index in [0.717, 1.165) is 12.8 Å². The Morgan fingerprint density at radius 1 is 1.20 bits per heavy atom. The van der Waals surface area contributed by atoms with E-state index in [-0.39, 0.29) is 43.7 Å². The first-order chi connectivity index (χ1) is 11.5. The fourth-order valence-electron chi connectivity index (χ4n) is 2.79. The van der Waals surface area contributed by atoms with E-state index in [9.17, 15) is 13.2 Å². The van der Waals surface area contributed by atoms with Crippen molar-refractivity contribution in [2.45, 2.75) is 25.7 Å². The Morgan fingerprint density at radius 2 is 1.84 bits per heavy atom. The van der Waals surface area contributed by atoms with Crippen LogP contribution in [0.4, 0.5) is 11.4 Å². The number of nitrogen functional groups attached to an aromatic ring is 1. The van der Waals surface area contributed by atoms with E-state index in [1.54, 1.807) is 12.1 Å². The van der Waals surface area contributed by atoms with Crippen molar-refractivity contribution in [1.82, 2.24) is 4.31 Å². The predicted octanol–water partition coefficient (Wildman–Crippen LogP) is 1.56. The maximum Gasteiger partial charge on any atom is 0.231 e. The van der Waals surface area contributed by atoms with E-state index in [1.807, 2.05) is 0 Å². The molecule has 3 N–H and O–H groups in total. The molecule has 2 aliphatic heterocycles. The van der Waals surface area contributed by atoms with Crippen LogP contribution in [0.25, 0.3) is 0 Å². The lowest BCUT2D eigenvalue weighted by atomic mass is 10.2. The third-order valence-corrected chi connectivity index (χ3v) is 6.04. The van der Waals surface area contributed by atoms with Crippen molar-refractivity contribution in [1.29, 1.82) is 0 Å². The van der Waals surface area contributed by atoms with Crippen molar-refractivity contribution >= 4 is 39.7 Å². The minimum absolute atomic E-state index is 0. The van der Waals surface area contributed by atoms with Crippen LogP contribution in [0.3, 0.4) is 0 Å². The molecule has 1 fully saturated rings. The van der Waals surface area contributed by atoms with Gasteiger partial charge < -0.3 is 20.5 Å². The normalized spacial score (nSPS) is 16.5. The van der Waals surface area contributed by atoms with Crippen molar-refractivity contribution in [2.24, 2.45) is 0 Å². The molecule has 1 aromatic carbocycles. The van der Waals surface area contributed by atoms with Gasteiger partial charge in [0.2, 0.25) is 22.7 Å². The SMILES string of the molecule is Cl.Nc1cc2c(cc1NC(=O)CCCS(=O)(=O)N1CCCC1)OCO2. The second-order valence-electron chi connectivity index (χ2n) is 5.87. The van der Waals surface area contributed by atoms with E-state index >= 15 is 0 Å². The van der Waals surface area contributed by atoms with Crippen LogP contribution in [-0.4, -0.2) is 44.3 Å². The molecule has 1 saturated heterocycles. The van der Waals surface area contributed by atoms with Crippen LogP contribution in [0.1, 0.15) is 25.7 Å². The number of nitrogens with zero attached hydrogens (tertiary/aromatic N) is 1. The van der Waals surface area contributed by atoms with E-state index in [0.29, 0.717) is 36.0 Å². The van der Waals surface area contributed by atoms with E-state index < -0.39 is 10.0 Å². The number of carbonyl (C=O) groups is 1. The van der Waals surface area contributed by atoms with Gasteiger partial charge >= 0.3 is 0 Å². The standard InChI is InChI=1S/C15H21N3O5S.ClH/c16-11-8-13-14(23-10-22-13)9-12(11)17-15(19)4-3-7-24(20,21)18-5-1-2-6-18;/h8-9H,1-7,10,16H2,(H,17,19);1H. The molecule has 1 aromatic rings. The van der Waals surface area contributed by atoms with Crippen LogP contribution in [0, 0.1) is 0 Å². The summed E-state index contributed by atoms with van der Waals surface area (Å²) in [5.74, 6) is 0.771. The van der Waals surface area contributed by atoms with Crippen molar-refractivity contribution in [3.8, 4) is 11.5 Å². The molecule has 0 atom stereocenters. The number of benzene rings is 1. The van der Waals surface area contributed by atoms with Gasteiger partial charge in [-0.25, -0.2) is 12.7 Å². The van der Waals surface area contributed by atoms with Crippen LogP contribution in [0.15, 0.2) is 12.1 Å². The fraction of sp³-hybridized carbons (Fsp3) is 0.533. The van der Waals surface area contributed by atoms with Crippen LogP contribution in [-0.2, 0) is 14.8 Å². The molecule has 140 valence electrons. The van der Waals surface area contributed by atoms with Crippen molar-refractivity contribution in [3.05, 3.63) is 12.1 Å². The number of ether oxygens (including phenoxy) is 2. The summed E-state index contributed by atoms with van der Waals surface area (Å²) in [5, 5.41) is 2.69. The molecule has 2 aliphatic rings. The Kier molecular flexibility index (Phi) is 6.36. The summed E-state index contributed by atoms with van der Waals surface area (Å²) in [6.07, 6.45) is 2.20. The van der Waals surface area contributed by atoms with Crippen LogP contribution in [0.5, 0.6) is 11.5 Å². The van der Waals surface area contributed by atoms with Gasteiger partial charge in [-0.3, -0.25) is 4.79 Å². The second kappa shape index (κ2) is 8.11. The van der Waals surface area contributed by atoms with Gasteiger partial charge in [0.25, 0.3) is 0 Å². The highest BCUT2D eigenvalue weighted by Crippen LogP contribution is 2.38. The molecule has 25 heavy (non-hydrogen) atoms. The molecule has 0 aliphatic carbocycles. The molecule has 0 saturated carbocycles. The molecule has 8 nitrogen and oxygen atoms in total. The number of fused-ring (bicyclic) bond motifs is 1. The molecule has 0 aromatic heterocycles. The Balaban J connectivity index is 0.00000225. The first-order valence-electron chi connectivity index (χ1n) is 7.92. The summed E-state index contributed by atoms with van der Waals surface area (Å²) in [6.45, 7) is 1.30. The average Bonchev–Trinajstić information content (AvgIpc) is 3.18. The number of carbonyl (C=O) groups excluding carboxylic acids is 1. The number of anilines is 2. The van der Waals surface area contributed by atoms with E-state index in [1.165, 1.54) is 4.31 Å². The number of hydrogen-bond donors (Lipinski definition) is 2. The van der Waals surface area contributed by atoms with Gasteiger partial charge in [-0.15, -0.1) is 12.4 Å². The van der Waals surface area contributed by atoms with E-state index in [4.69, 9.17) is 15.2 Å². The number of amides is 1. The molecule has 0 radical (unpaired) electrons. The van der Waals surface area contributed by atoms with Crippen molar-refractivity contribution in [3.63, 3.8) is 0 Å². The van der Waals surface area contributed by atoms with Gasteiger partial charge in [0.15, 0.2) is 11.5 Å². The predicted molar refractivity (Wildman–Crippen MR) is 96.7 cm³/mol. The highest BCUT2D eigenvalue weighted by molar-refractivity contribution is 7.89. The molecule has 2 heterocycles. The zero-order chi connectivity index (χ0) is 17.2. The smallest absolute Gasteiger partial charge is 0.231 e. The largest absolute Gasteiger partial charge is 0.454 e. The maximum absolute atomic E-state index is 12.1. The topological polar surface area (TPSA) is 111 Å². The zero-order valence-corrected chi connectivity index (χ0v) is 15.3. The molecule has 0 unspecified atom stereocenters. The number of nitrogens with two attached hydrogens (primary N) is 1. The second-order valence-corrected chi connectivity index (χ2v) is 7.96. The maximum atomic E-state index is 12.1. The Labute approximate surface area is 153 Å². The number of hydrogen-bond acceptors (Lipinski definition) is 6. The summed E-state index contributed by atoms with van der Waals surface area (Å²) < 4.78 is 36.1. The molecular formula is C15H22ClN3O5S. The van der Waals surface area contributed by atoms with Gasteiger partial charge in [0.1, 0.15) is 0 Å². The van der Waals surface area contributed by atoms with Crippen LogP contribution < -0.4 is 20.5 Å². The summed E-state index contributed by atoms with van der Waals surface area (Å²) in [6, 6.07) is 3.20.